The minimum Gasteiger partial charge on any atom is -0.370 e. The SMILES string of the molecule is CCN1CCC(N(C)C(N)=NC(C)(C)C)CC1. The summed E-state index contributed by atoms with van der Waals surface area (Å²) in [6, 6.07) is 0.545. The van der Waals surface area contributed by atoms with Crippen LogP contribution in [0.2, 0.25) is 0 Å². The quantitative estimate of drug-likeness (QED) is 0.588. The summed E-state index contributed by atoms with van der Waals surface area (Å²) in [6.07, 6.45) is 2.37. The van der Waals surface area contributed by atoms with E-state index in [9.17, 15) is 0 Å². The number of nitrogens with two attached hydrogens (primary N) is 1. The van der Waals surface area contributed by atoms with Crippen molar-refractivity contribution in [3.63, 3.8) is 0 Å². The third kappa shape index (κ3) is 4.54. The van der Waals surface area contributed by atoms with Gasteiger partial charge in [0.25, 0.3) is 0 Å². The molecule has 0 atom stereocenters. The summed E-state index contributed by atoms with van der Waals surface area (Å²) in [6.45, 7) is 12.0. The normalized spacial score (nSPS) is 20.6. The van der Waals surface area contributed by atoms with Gasteiger partial charge < -0.3 is 15.5 Å². The largest absolute Gasteiger partial charge is 0.370 e. The molecule has 17 heavy (non-hydrogen) atoms. The fraction of sp³-hybridized carbons (Fsp3) is 0.923. The summed E-state index contributed by atoms with van der Waals surface area (Å²) in [7, 11) is 2.07. The molecule has 0 aromatic carbocycles. The second kappa shape index (κ2) is 5.71. The van der Waals surface area contributed by atoms with E-state index in [0.29, 0.717) is 12.0 Å². The second-order valence-corrected chi connectivity index (χ2v) is 5.92. The van der Waals surface area contributed by atoms with Gasteiger partial charge in [0.1, 0.15) is 0 Å². The number of rotatable bonds is 2. The standard InChI is InChI=1S/C13H28N4/c1-6-17-9-7-11(8-10-17)16(5)12(14)15-13(2,3)4/h11H,6-10H2,1-5H3,(H2,14,15). The first-order valence-corrected chi connectivity index (χ1v) is 6.64. The van der Waals surface area contributed by atoms with Crippen LogP contribution >= 0.6 is 0 Å². The molecule has 0 radical (unpaired) electrons. The van der Waals surface area contributed by atoms with E-state index in [1.165, 1.54) is 25.9 Å². The van der Waals surface area contributed by atoms with Crippen LogP contribution in [0.15, 0.2) is 4.99 Å². The average Bonchev–Trinajstić information content (AvgIpc) is 2.26. The van der Waals surface area contributed by atoms with E-state index < -0.39 is 0 Å². The summed E-state index contributed by atoms with van der Waals surface area (Å²) in [5.41, 5.74) is 5.97. The topological polar surface area (TPSA) is 44.9 Å². The Morgan fingerprint density at radius 1 is 1.35 bits per heavy atom. The maximum atomic E-state index is 6.06. The van der Waals surface area contributed by atoms with Gasteiger partial charge >= 0.3 is 0 Å². The van der Waals surface area contributed by atoms with Crippen LogP contribution in [0.4, 0.5) is 0 Å². The zero-order valence-electron chi connectivity index (χ0n) is 12.0. The van der Waals surface area contributed by atoms with Gasteiger partial charge in [-0.15, -0.1) is 0 Å². The lowest BCUT2D eigenvalue weighted by Gasteiger charge is -2.37. The van der Waals surface area contributed by atoms with Gasteiger partial charge in [-0.3, -0.25) is 0 Å². The molecule has 0 aliphatic carbocycles. The van der Waals surface area contributed by atoms with E-state index in [1.54, 1.807) is 0 Å². The third-order valence-electron chi connectivity index (χ3n) is 3.36. The van der Waals surface area contributed by atoms with Gasteiger partial charge in [0.2, 0.25) is 0 Å². The van der Waals surface area contributed by atoms with Gasteiger partial charge in [-0.25, -0.2) is 4.99 Å². The van der Waals surface area contributed by atoms with Crippen LogP contribution in [-0.4, -0.2) is 54.0 Å². The van der Waals surface area contributed by atoms with Crippen LogP contribution in [0.3, 0.4) is 0 Å². The molecule has 0 aromatic rings. The highest BCUT2D eigenvalue weighted by molar-refractivity contribution is 5.78. The Hall–Kier alpha value is -0.770. The van der Waals surface area contributed by atoms with E-state index in [0.717, 1.165) is 6.54 Å². The molecule has 100 valence electrons. The van der Waals surface area contributed by atoms with Crippen molar-refractivity contribution in [2.24, 2.45) is 10.7 Å². The summed E-state index contributed by atoms with van der Waals surface area (Å²) in [4.78, 5) is 9.17. The first-order valence-electron chi connectivity index (χ1n) is 6.64. The van der Waals surface area contributed by atoms with Crippen molar-refractivity contribution in [2.45, 2.75) is 52.1 Å². The smallest absolute Gasteiger partial charge is 0.191 e. The highest BCUT2D eigenvalue weighted by Gasteiger charge is 2.23. The second-order valence-electron chi connectivity index (χ2n) is 5.92. The molecule has 0 unspecified atom stereocenters. The first kappa shape index (κ1) is 14.3. The molecule has 1 aliphatic heterocycles. The molecule has 1 fully saturated rings. The molecular weight excluding hydrogens is 212 g/mol. The molecule has 0 spiro atoms. The summed E-state index contributed by atoms with van der Waals surface area (Å²) >= 11 is 0. The molecule has 0 amide bonds. The molecule has 1 saturated heterocycles. The van der Waals surface area contributed by atoms with Crippen molar-refractivity contribution in [2.75, 3.05) is 26.7 Å². The molecule has 1 heterocycles. The Kier molecular flexibility index (Phi) is 4.80. The van der Waals surface area contributed by atoms with E-state index in [2.05, 4.69) is 49.5 Å². The number of hydrogen-bond acceptors (Lipinski definition) is 2. The predicted molar refractivity (Wildman–Crippen MR) is 74.3 cm³/mol. The van der Waals surface area contributed by atoms with E-state index in [4.69, 9.17) is 5.73 Å². The minimum absolute atomic E-state index is 0.0948. The van der Waals surface area contributed by atoms with Crippen molar-refractivity contribution in [1.29, 1.82) is 0 Å². The first-order chi connectivity index (χ1) is 7.83. The Morgan fingerprint density at radius 3 is 2.29 bits per heavy atom. The Morgan fingerprint density at radius 2 is 1.88 bits per heavy atom. The highest BCUT2D eigenvalue weighted by Crippen LogP contribution is 2.16. The van der Waals surface area contributed by atoms with Gasteiger partial charge in [0, 0.05) is 26.2 Å². The Balaban J connectivity index is 2.54. The number of likely N-dealkylation sites (tertiary alicyclic amines) is 1. The van der Waals surface area contributed by atoms with Gasteiger partial charge in [-0.05, 0) is 40.2 Å². The Labute approximate surface area is 106 Å². The van der Waals surface area contributed by atoms with Crippen LogP contribution in [0.5, 0.6) is 0 Å². The lowest BCUT2D eigenvalue weighted by Crippen LogP contribution is -2.48. The molecule has 0 bridgehead atoms. The number of hydrogen-bond donors (Lipinski definition) is 1. The van der Waals surface area contributed by atoms with Crippen molar-refractivity contribution in [1.82, 2.24) is 9.80 Å². The summed E-state index contributed by atoms with van der Waals surface area (Å²) < 4.78 is 0. The van der Waals surface area contributed by atoms with Gasteiger partial charge in [-0.2, -0.15) is 0 Å². The third-order valence-corrected chi connectivity index (χ3v) is 3.36. The minimum atomic E-state index is -0.0948. The maximum absolute atomic E-state index is 6.06. The lowest BCUT2D eigenvalue weighted by atomic mass is 10.0. The van der Waals surface area contributed by atoms with Crippen molar-refractivity contribution in [3.05, 3.63) is 0 Å². The van der Waals surface area contributed by atoms with E-state index >= 15 is 0 Å². The van der Waals surface area contributed by atoms with Gasteiger partial charge in [0.15, 0.2) is 5.96 Å². The molecule has 4 nitrogen and oxygen atoms in total. The molecule has 2 N–H and O–H groups in total. The van der Waals surface area contributed by atoms with Crippen molar-refractivity contribution < 1.29 is 0 Å². The van der Waals surface area contributed by atoms with Gasteiger partial charge in [-0.1, -0.05) is 6.92 Å². The van der Waals surface area contributed by atoms with Crippen LogP contribution in [0.25, 0.3) is 0 Å². The van der Waals surface area contributed by atoms with Crippen molar-refractivity contribution >= 4 is 5.96 Å². The number of piperidine rings is 1. The number of nitrogens with zero attached hydrogens (tertiary/aromatic N) is 3. The fourth-order valence-electron chi connectivity index (χ4n) is 2.23. The highest BCUT2D eigenvalue weighted by atomic mass is 15.3. The number of guanidine groups is 1. The zero-order valence-corrected chi connectivity index (χ0v) is 12.0. The summed E-state index contributed by atoms with van der Waals surface area (Å²) in [5, 5.41) is 0. The molecule has 1 rings (SSSR count). The van der Waals surface area contributed by atoms with Crippen LogP contribution < -0.4 is 5.73 Å². The monoisotopic (exact) mass is 240 g/mol. The molecular formula is C13H28N4. The van der Waals surface area contributed by atoms with Crippen molar-refractivity contribution in [3.8, 4) is 0 Å². The van der Waals surface area contributed by atoms with Gasteiger partial charge in [0.05, 0.1) is 5.54 Å². The number of aliphatic imine (C=N–C) groups is 1. The molecule has 4 heteroatoms. The molecule has 1 aliphatic rings. The molecule has 0 aromatic heterocycles. The van der Waals surface area contributed by atoms with E-state index in [1.807, 2.05) is 0 Å². The maximum Gasteiger partial charge on any atom is 0.191 e. The average molecular weight is 240 g/mol. The van der Waals surface area contributed by atoms with Crippen LogP contribution in [0, 0.1) is 0 Å². The lowest BCUT2D eigenvalue weighted by molar-refractivity contribution is 0.170. The Bertz CT molecular complexity index is 259. The van der Waals surface area contributed by atoms with E-state index in [-0.39, 0.29) is 5.54 Å². The zero-order chi connectivity index (χ0) is 13.1. The fourth-order valence-corrected chi connectivity index (χ4v) is 2.23. The predicted octanol–water partition coefficient (Wildman–Crippen LogP) is 1.52. The van der Waals surface area contributed by atoms with Crippen LogP contribution in [0.1, 0.15) is 40.5 Å². The summed E-state index contributed by atoms with van der Waals surface area (Å²) in [5.74, 6) is 0.674. The molecule has 0 saturated carbocycles. The van der Waals surface area contributed by atoms with Crippen LogP contribution in [-0.2, 0) is 0 Å².